The van der Waals surface area contributed by atoms with Gasteiger partial charge in [-0.2, -0.15) is 0 Å². The summed E-state index contributed by atoms with van der Waals surface area (Å²) in [5.41, 5.74) is 0. The lowest BCUT2D eigenvalue weighted by atomic mass is 10.3. The molecule has 0 aliphatic heterocycles. The van der Waals surface area contributed by atoms with Crippen molar-refractivity contribution in [1.82, 2.24) is 0 Å². The van der Waals surface area contributed by atoms with Crippen LogP contribution in [0.5, 0.6) is 5.75 Å². The summed E-state index contributed by atoms with van der Waals surface area (Å²) in [6.07, 6.45) is 0. The fourth-order valence-electron chi connectivity index (χ4n) is 0.667. The van der Waals surface area contributed by atoms with Crippen LogP contribution in [-0.4, -0.2) is 5.97 Å². The topological polar surface area (TPSA) is 26.3 Å². The lowest BCUT2D eigenvalue weighted by molar-refractivity contribution is -0.128. The van der Waals surface area contributed by atoms with E-state index in [2.05, 4.69) is 23.8 Å². The minimum absolute atomic E-state index is 0.485. The summed E-state index contributed by atoms with van der Waals surface area (Å²) in [5.74, 6) is 2.03. The standard InChI is InChI=1S/C9H6O2S/c10-9(6-7-12)11-8-4-2-1-3-5-8/h1-5,12H. The number of esters is 1. The molecule has 60 valence electrons. The second-order valence-electron chi connectivity index (χ2n) is 1.94. The van der Waals surface area contributed by atoms with E-state index < -0.39 is 5.97 Å². The molecule has 3 heteroatoms. The molecule has 0 atom stereocenters. The third-order valence-electron chi connectivity index (χ3n) is 1.11. The Morgan fingerprint density at radius 2 is 2.00 bits per heavy atom. The number of hydrogen-bond acceptors (Lipinski definition) is 3. The van der Waals surface area contributed by atoms with E-state index in [-0.39, 0.29) is 0 Å². The zero-order valence-corrected chi connectivity index (χ0v) is 7.04. The third kappa shape index (κ3) is 2.69. The summed E-state index contributed by atoms with van der Waals surface area (Å²) in [5, 5.41) is 2.16. The van der Waals surface area contributed by atoms with Gasteiger partial charge in [-0.25, -0.2) is 4.79 Å². The molecule has 1 aromatic carbocycles. The van der Waals surface area contributed by atoms with Gasteiger partial charge in [-0.15, -0.1) is 0 Å². The Kier molecular flexibility index (Phi) is 3.24. The van der Waals surface area contributed by atoms with Crippen molar-refractivity contribution < 1.29 is 9.53 Å². The van der Waals surface area contributed by atoms with E-state index in [1.165, 1.54) is 0 Å². The Hall–Kier alpha value is -1.40. The molecule has 0 aliphatic rings. The Balaban J connectivity index is 2.63. The van der Waals surface area contributed by atoms with Gasteiger partial charge in [-0.05, 0) is 17.4 Å². The van der Waals surface area contributed by atoms with Gasteiger partial charge < -0.3 is 4.74 Å². The number of carbonyl (C=O) groups is 1. The predicted octanol–water partition coefficient (Wildman–Crippen LogP) is 1.48. The first-order valence-electron chi connectivity index (χ1n) is 3.25. The van der Waals surface area contributed by atoms with Crippen LogP contribution in [0.3, 0.4) is 0 Å². The summed E-state index contributed by atoms with van der Waals surface area (Å²) in [6, 6.07) is 8.74. The molecule has 0 saturated carbocycles. The quantitative estimate of drug-likeness (QED) is 0.305. The van der Waals surface area contributed by atoms with Crippen LogP contribution in [-0.2, 0) is 4.79 Å². The fraction of sp³-hybridized carbons (Fsp3) is 0. The molecule has 0 amide bonds. The van der Waals surface area contributed by atoms with E-state index in [1.54, 1.807) is 24.3 Å². The van der Waals surface area contributed by atoms with Crippen LogP contribution in [0.15, 0.2) is 30.3 Å². The maximum absolute atomic E-state index is 10.8. The van der Waals surface area contributed by atoms with E-state index in [0.717, 1.165) is 0 Å². The van der Waals surface area contributed by atoms with Crippen molar-refractivity contribution in [2.45, 2.75) is 0 Å². The van der Waals surface area contributed by atoms with Crippen LogP contribution in [0, 0.1) is 11.2 Å². The molecule has 0 aliphatic carbocycles. The number of para-hydroxylation sites is 1. The number of ether oxygens (including phenoxy) is 1. The Labute approximate surface area is 76.0 Å². The van der Waals surface area contributed by atoms with Gasteiger partial charge in [0.15, 0.2) is 0 Å². The van der Waals surface area contributed by atoms with Gasteiger partial charge in [-0.3, -0.25) is 0 Å². The molecule has 12 heavy (non-hydrogen) atoms. The lowest BCUT2D eigenvalue weighted by Gasteiger charge is -1.96. The van der Waals surface area contributed by atoms with Crippen LogP contribution >= 0.6 is 12.6 Å². The minimum Gasteiger partial charge on any atom is -0.417 e. The average molecular weight is 178 g/mol. The summed E-state index contributed by atoms with van der Waals surface area (Å²) in [4.78, 5) is 10.8. The van der Waals surface area contributed by atoms with Gasteiger partial charge in [-0.1, -0.05) is 30.8 Å². The van der Waals surface area contributed by atoms with Crippen molar-refractivity contribution in [2.75, 3.05) is 0 Å². The molecule has 2 nitrogen and oxygen atoms in total. The van der Waals surface area contributed by atoms with Gasteiger partial charge in [0, 0.05) is 5.92 Å². The third-order valence-corrected chi connectivity index (χ3v) is 1.22. The van der Waals surface area contributed by atoms with Gasteiger partial charge in [0.05, 0.1) is 0 Å². The summed E-state index contributed by atoms with van der Waals surface area (Å²) >= 11 is 3.56. The van der Waals surface area contributed by atoms with Gasteiger partial charge in [0.2, 0.25) is 0 Å². The second kappa shape index (κ2) is 4.47. The average Bonchev–Trinajstić information content (AvgIpc) is 2.06. The van der Waals surface area contributed by atoms with Crippen LogP contribution in [0.2, 0.25) is 0 Å². The van der Waals surface area contributed by atoms with Crippen molar-refractivity contribution in [3.8, 4) is 16.9 Å². The number of rotatable bonds is 1. The SMILES string of the molecule is O=C(C#CS)Oc1ccccc1. The van der Waals surface area contributed by atoms with Crippen LogP contribution in [0.4, 0.5) is 0 Å². The van der Waals surface area contributed by atoms with Crippen LogP contribution in [0.25, 0.3) is 0 Å². The van der Waals surface area contributed by atoms with Crippen molar-refractivity contribution in [2.24, 2.45) is 0 Å². The van der Waals surface area contributed by atoms with E-state index >= 15 is 0 Å². The molecular weight excluding hydrogens is 172 g/mol. The highest BCUT2D eigenvalue weighted by Gasteiger charge is 1.97. The molecule has 0 bridgehead atoms. The first-order valence-corrected chi connectivity index (χ1v) is 3.69. The van der Waals surface area contributed by atoms with Gasteiger partial charge in [0.25, 0.3) is 0 Å². The highest BCUT2D eigenvalue weighted by molar-refractivity contribution is 7.85. The predicted molar refractivity (Wildman–Crippen MR) is 48.8 cm³/mol. The number of thiol groups is 1. The Morgan fingerprint density at radius 1 is 1.33 bits per heavy atom. The normalized spacial score (nSPS) is 8.08. The molecule has 0 N–H and O–H groups in total. The highest BCUT2D eigenvalue weighted by atomic mass is 32.1. The van der Waals surface area contributed by atoms with E-state index in [0.29, 0.717) is 5.75 Å². The molecular formula is C9H6O2S. The molecule has 0 unspecified atom stereocenters. The molecule has 0 spiro atoms. The number of benzene rings is 1. The molecule has 0 radical (unpaired) electrons. The van der Waals surface area contributed by atoms with Crippen molar-refractivity contribution in [1.29, 1.82) is 0 Å². The second-order valence-corrected chi connectivity index (χ2v) is 2.16. The van der Waals surface area contributed by atoms with Crippen molar-refractivity contribution in [3.05, 3.63) is 30.3 Å². The van der Waals surface area contributed by atoms with Gasteiger partial charge >= 0.3 is 5.97 Å². The summed E-state index contributed by atoms with van der Waals surface area (Å²) in [7, 11) is 0. The zero-order chi connectivity index (χ0) is 8.81. The van der Waals surface area contributed by atoms with Crippen LogP contribution in [0.1, 0.15) is 0 Å². The highest BCUT2D eigenvalue weighted by Crippen LogP contribution is 2.07. The Bertz CT molecular complexity index is 321. The summed E-state index contributed by atoms with van der Waals surface area (Å²) in [6.45, 7) is 0. The van der Waals surface area contributed by atoms with E-state index in [4.69, 9.17) is 4.74 Å². The summed E-state index contributed by atoms with van der Waals surface area (Å²) < 4.78 is 4.79. The molecule has 0 fully saturated rings. The van der Waals surface area contributed by atoms with Crippen molar-refractivity contribution in [3.63, 3.8) is 0 Å². The minimum atomic E-state index is -0.601. The first-order chi connectivity index (χ1) is 5.83. The maximum atomic E-state index is 10.8. The van der Waals surface area contributed by atoms with Crippen LogP contribution < -0.4 is 4.74 Å². The number of carbonyl (C=O) groups excluding carboxylic acids is 1. The molecule has 0 heterocycles. The zero-order valence-electron chi connectivity index (χ0n) is 6.15. The lowest BCUT2D eigenvalue weighted by Crippen LogP contribution is -2.03. The van der Waals surface area contributed by atoms with Gasteiger partial charge in [0.1, 0.15) is 5.75 Å². The molecule has 1 aromatic rings. The maximum Gasteiger partial charge on any atom is 0.390 e. The molecule has 0 saturated heterocycles. The fourth-order valence-corrected chi connectivity index (χ4v) is 0.758. The number of hydrogen-bond donors (Lipinski definition) is 1. The van der Waals surface area contributed by atoms with Crippen molar-refractivity contribution >= 4 is 18.6 Å². The van der Waals surface area contributed by atoms with E-state index in [9.17, 15) is 4.79 Å². The Morgan fingerprint density at radius 3 is 2.58 bits per heavy atom. The largest absolute Gasteiger partial charge is 0.417 e. The first kappa shape index (κ1) is 8.69. The molecule has 1 rings (SSSR count). The molecule has 0 aromatic heterocycles. The monoisotopic (exact) mass is 178 g/mol. The smallest absolute Gasteiger partial charge is 0.390 e. The van der Waals surface area contributed by atoms with E-state index in [1.807, 2.05) is 6.07 Å².